The third kappa shape index (κ3) is 2.60. The van der Waals surface area contributed by atoms with E-state index in [1.807, 2.05) is 0 Å². The molecule has 1 aromatic heterocycles. The molecule has 1 aromatic carbocycles. The Kier molecular flexibility index (Phi) is 3.03. The van der Waals surface area contributed by atoms with Crippen LogP contribution in [0.1, 0.15) is 16.2 Å². The molecule has 2 N–H and O–H groups in total. The van der Waals surface area contributed by atoms with Gasteiger partial charge in [0.25, 0.3) is 11.7 Å². The van der Waals surface area contributed by atoms with Gasteiger partial charge in [-0.15, -0.1) is 10.2 Å². The molecule has 0 saturated carbocycles. The fourth-order valence-corrected chi connectivity index (χ4v) is 1.17. The molecule has 0 bridgehead atoms. The number of nitrogens with one attached hydrogen (secondary N) is 2. The van der Waals surface area contributed by atoms with E-state index in [9.17, 15) is 13.6 Å². The maximum atomic E-state index is 12.8. The van der Waals surface area contributed by atoms with E-state index in [1.165, 1.54) is 6.07 Å². The van der Waals surface area contributed by atoms with Gasteiger partial charge in [-0.2, -0.15) is 5.21 Å². The first-order chi connectivity index (χ1) is 8.16. The highest BCUT2D eigenvalue weighted by atomic mass is 19.2. The lowest BCUT2D eigenvalue weighted by Gasteiger charge is -2.03. The second-order valence-electron chi connectivity index (χ2n) is 3.17. The van der Waals surface area contributed by atoms with Crippen molar-refractivity contribution in [3.63, 3.8) is 0 Å². The van der Waals surface area contributed by atoms with Crippen LogP contribution in [-0.4, -0.2) is 26.5 Å². The van der Waals surface area contributed by atoms with Crippen molar-refractivity contribution in [1.29, 1.82) is 0 Å². The first kappa shape index (κ1) is 11.1. The Morgan fingerprint density at radius 2 is 2.18 bits per heavy atom. The molecule has 0 spiro atoms. The van der Waals surface area contributed by atoms with Crippen molar-refractivity contribution in [2.75, 3.05) is 0 Å². The zero-order chi connectivity index (χ0) is 12.3. The first-order valence-electron chi connectivity index (χ1n) is 4.62. The maximum absolute atomic E-state index is 12.8. The molecule has 0 unspecified atom stereocenters. The fraction of sp³-hybridized carbons (Fsp3) is 0.111. The molecule has 2 aromatic rings. The number of carbonyl (C=O) groups is 1. The van der Waals surface area contributed by atoms with E-state index in [0.717, 1.165) is 12.1 Å². The number of rotatable bonds is 3. The van der Waals surface area contributed by atoms with Gasteiger partial charge in [-0.25, -0.2) is 8.78 Å². The zero-order valence-corrected chi connectivity index (χ0v) is 8.44. The number of hydrogen-bond acceptors (Lipinski definition) is 4. The third-order valence-corrected chi connectivity index (χ3v) is 1.99. The number of carbonyl (C=O) groups excluding carboxylic acids is 1. The molecule has 0 radical (unpaired) electrons. The molecule has 0 aliphatic rings. The number of hydrogen-bond donors (Lipinski definition) is 2. The summed E-state index contributed by atoms with van der Waals surface area (Å²) < 4.78 is 25.5. The van der Waals surface area contributed by atoms with Crippen LogP contribution in [0.5, 0.6) is 0 Å². The lowest BCUT2D eigenvalue weighted by atomic mass is 10.2. The Balaban J connectivity index is 1.98. The van der Waals surface area contributed by atoms with Crippen LogP contribution in [0.2, 0.25) is 0 Å². The Bertz CT molecular complexity index is 528. The predicted octanol–water partition coefficient (Wildman–Crippen LogP) is 0.408. The minimum atomic E-state index is -0.962. The van der Waals surface area contributed by atoms with Gasteiger partial charge in [0, 0.05) is 6.54 Å². The van der Waals surface area contributed by atoms with Crippen molar-refractivity contribution in [2.24, 2.45) is 0 Å². The SMILES string of the molecule is O=C(NCc1ccc(F)c(F)c1)c1nn[nH]n1. The lowest BCUT2D eigenvalue weighted by Crippen LogP contribution is -2.24. The van der Waals surface area contributed by atoms with E-state index < -0.39 is 17.5 Å². The van der Waals surface area contributed by atoms with E-state index in [4.69, 9.17) is 0 Å². The molecular formula is C9H7F2N5O. The van der Waals surface area contributed by atoms with E-state index in [2.05, 4.69) is 25.9 Å². The topological polar surface area (TPSA) is 83.6 Å². The fourth-order valence-electron chi connectivity index (χ4n) is 1.17. The summed E-state index contributed by atoms with van der Waals surface area (Å²) in [6, 6.07) is 3.37. The van der Waals surface area contributed by atoms with Crippen molar-refractivity contribution in [1.82, 2.24) is 25.9 Å². The maximum Gasteiger partial charge on any atom is 0.293 e. The van der Waals surface area contributed by atoms with Gasteiger partial charge >= 0.3 is 0 Å². The van der Waals surface area contributed by atoms with Crippen LogP contribution in [0.3, 0.4) is 0 Å². The van der Waals surface area contributed by atoms with Crippen LogP contribution in [0.4, 0.5) is 8.78 Å². The number of aromatic amines is 1. The Labute approximate surface area is 94.0 Å². The summed E-state index contributed by atoms with van der Waals surface area (Å²) in [6.45, 7) is 0.0462. The van der Waals surface area contributed by atoms with Crippen LogP contribution in [0, 0.1) is 11.6 Å². The van der Waals surface area contributed by atoms with Crippen LogP contribution >= 0.6 is 0 Å². The van der Waals surface area contributed by atoms with Gasteiger partial charge in [0.2, 0.25) is 0 Å². The van der Waals surface area contributed by atoms with E-state index in [-0.39, 0.29) is 12.4 Å². The zero-order valence-electron chi connectivity index (χ0n) is 8.44. The van der Waals surface area contributed by atoms with Gasteiger partial charge in [-0.05, 0) is 22.9 Å². The predicted molar refractivity (Wildman–Crippen MR) is 51.7 cm³/mol. The van der Waals surface area contributed by atoms with E-state index in [1.54, 1.807) is 0 Å². The molecule has 6 nitrogen and oxygen atoms in total. The molecule has 8 heteroatoms. The number of amides is 1. The molecule has 0 aliphatic heterocycles. The summed E-state index contributed by atoms with van der Waals surface area (Å²) in [5.74, 6) is -2.56. The van der Waals surface area contributed by atoms with Gasteiger partial charge in [0.05, 0.1) is 0 Å². The summed E-state index contributed by atoms with van der Waals surface area (Å²) >= 11 is 0. The summed E-state index contributed by atoms with van der Waals surface area (Å²) in [5.41, 5.74) is 0.431. The molecule has 0 saturated heterocycles. The summed E-state index contributed by atoms with van der Waals surface area (Å²) in [5, 5.41) is 14.7. The summed E-state index contributed by atoms with van der Waals surface area (Å²) in [4.78, 5) is 11.4. The molecule has 88 valence electrons. The van der Waals surface area contributed by atoms with Crippen molar-refractivity contribution in [3.05, 3.63) is 41.2 Å². The van der Waals surface area contributed by atoms with Gasteiger partial charge in [0.15, 0.2) is 11.6 Å². The number of benzene rings is 1. The largest absolute Gasteiger partial charge is 0.345 e. The highest BCUT2D eigenvalue weighted by Crippen LogP contribution is 2.08. The molecule has 1 heterocycles. The number of aromatic nitrogens is 4. The van der Waals surface area contributed by atoms with Crippen LogP contribution in [0.15, 0.2) is 18.2 Å². The minimum absolute atomic E-state index is 0.0462. The van der Waals surface area contributed by atoms with Gasteiger partial charge < -0.3 is 5.32 Å². The minimum Gasteiger partial charge on any atom is -0.345 e. The Morgan fingerprint density at radius 1 is 1.35 bits per heavy atom. The molecule has 0 fully saturated rings. The monoisotopic (exact) mass is 239 g/mol. The van der Waals surface area contributed by atoms with Crippen molar-refractivity contribution < 1.29 is 13.6 Å². The Hall–Kier alpha value is -2.38. The third-order valence-electron chi connectivity index (χ3n) is 1.99. The van der Waals surface area contributed by atoms with Gasteiger partial charge in [0.1, 0.15) is 0 Å². The summed E-state index contributed by atoms with van der Waals surface area (Å²) in [7, 11) is 0. The van der Waals surface area contributed by atoms with Crippen molar-refractivity contribution in [2.45, 2.75) is 6.54 Å². The molecule has 1 amide bonds. The first-order valence-corrected chi connectivity index (χ1v) is 4.62. The molecule has 2 rings (SSSR count). The number of halogens is 2. The van der Waals surface area contributed by atoms with E-state index >= 15 is 0 Å². The average Bonchev–Trinajstić information content (AvgIpc) is 2.84. The van der Waals surface area contributed by atoms with Crippen LogP contribution < -0.4 is 5.32 Å². The standard InChI is InChI=1S/C9H7F2N5O/c10-6-2-1-5(3-7(6)11)4-12-9(17)8-13-15-16-14-8/h1-3H,4H2,(H,12,17)(H,13,14,15,16). The Morgan fingerprint density at radius 3 is 2.82 bits per heavy atom. The number of tetrazole rings is 1. The average molecular weight is 239 g/mol. The second-order valence-corrected chi connectivity index (χ2v) is 3.17. The van der Waals surface area contributed by atoms with Gasteiger partial charge in [-0.1, -0.05) is 6.07 Å². The highest BCUT2D eigenvalue weighted by molar-refractivity contribution is 5.89. The quantitative estimate of drug-likeness (QED) is 0.812. The lowest BCUT2D eigenvalue weighted by molar-refractivity contribution is 0.0940. The van der Waals surface area contributed by atoms with Crippen LogP contribution in [-0.2, 0) is 6.54 Å². The highest BCUT2D eigenvalue weighted by Gasteiger charge is 2.10. The smallest absolute Gasteiger partial charge is 0.293 e. The molecule has 0 aliphatic carbocycles. The number of H-pyrrole nitrogens is 1. The van der Waals surface area contributed by atoms with Crippen LogP contribution in [0.25, 0.3) is 0 Å². The van der Waals surface area contributed by atoms with Crippen molar-refractivity contribution in [3.8, 4) is 0 Å². The van der Waals surface area contributed by atoms with Gasteiger partial charge in [-0.3, -0.25) is 4.79 Å². The molecule has 0 atom stereocenters. The molecular weight excluding hydrogens is 232 g/mol. The molecule has 17 heavy (non-hydrogen) atoms. The summed E-state index contributed by atoms with van der Waals surface area (Å²) in [6.07, 6.45) is 0. The second kappa shape index (κ2) is 4.64. The number of nitrogens with zero attached hydrogens (tertiary/aromatic N) is 3. The normalized spacial score (nSPS) is 10.2. The van der Waals surface area contributed by atoms with E-state index in [0.29, 0.717) is 5.56 Å². The van der Waals surface area contributed by atoms with Crippen molar-refractivity contribution >= 4 is 5.91 Å².